The molecule has 6 nitrogen and oxygen atoms in total. The predicted molar refractivity (Wildman–Crippen MR) is 103 cm³/mol. The summed E-state index contributed by atoms with van der Waals surface area (Å²) in [6.07, 6.45) is 1.15. The molecule has 0 saturated heterocycles. The summed E-state index contributed by atoms with van der Waals surface area (Å²) in [5, 5.41) is 2.72. The molecule has 2 aromatic rings. The Morgan fingerprint density at radius 1 is 1.19 bits per heavy atom. The fourth-order valence-corrected chi connectivity index (χ4v) is 3.93. The van der Waals surface area contributed by atoms with Crippen molar-refractivity contribution in [2.75, 3.05) is 17.7 Å². The maximum Gasteiger partial charge on any atom is 0.244 e. The maximum absolute atomic E-state index is 14.2. The van der Waals surface area contributed by atoms with E-state index in [0.29, 0.717) is 5.75 Å². The Balaban J connectivity index is 2.22. The van der Waals surface area contributed by atoms with Gasteiger partial charge in [0, 0.05) is 6.54 Å². The molecule has 0 bridgehead atoms. The van der Waals surface area contributed by atoms with Crippen molar-refractivity contribution in [1.82, 2.24) is 5.32 Å². The maximum atomic E-state index is 14.2. The second-order valence-corrected chi connectivity index (χ2v) is 7.86. The largest absolute Gasteiger partial charge is 0.497 e. The van der Waals surface area contributed by atoms with Gasteiger partial charge >= 0.3 is 0 Å². The van der Waals surface area contributed by atoms with Gasteiger partial charge in [0.25, 0.3) is 0 Å². The van der Waals surface area contributed by atoms with Crippen LogP contribution in [0.1, 0.15) is 18.9 Å². The minimum absolute atomic E-state index is 0.147. The van der Waals surface area contributed by atoms with Crippen LogP contribution in [0, 0.1) is 5.82 Å². The summed E-state index contributed by atoms with van der Waals surface area (Å²) in [4.78, 5) is 12.7. The average Bonchev–Trinajstić information content (AvgIpc) is 2.64. The van der Waals surface area contributed by atoms with Crippen LogP contribution in [-0.4, -0.2) is 33.7 Å². The van der Waals surface area contributed by atoms with Gasteiger partial charge in [-0.1, -0.05) is 31.2 Å². The quantitative estimate of drug-likeness (QED) is 0.747. The van der Waals surface area contributed by atoms with E-state index in [1.807, 2.05) is 0 Å². The van der Waals surface area contributed by atoms with Crippen LogP contribution < -0.4 is 14.4 Å². The molecule has 0 radical (unpaired) electrons. The number of benzene rings is 2. The molecule has 0 aliphatic rings. The highest BCUT2D eigenvalue weighted by atomic mass is 32.2. The van der Waals surface area contributed by atoms with E-state index in [1.54, 1.807) is 38.3 Å². The summed E-state index contributed by atoms with van der Waals surface area (Å²) in [6.45, 7) is 1.89. The highest BCUT2D eigenvalue weighted by Gasteiger charge is 2.32. The van der Waals surface area contributed by atoms with Gasteiger partial charge < -0.3 is 10.1 Å². The monoisotopic (exact) mass is 394 g/mol. The van der Waals surface area contributed by atoms with E-state index in [0.717, 1.165) is 22.2 Å². The molecule has 1 amide bonds. The molecule has 2 aromatic carbocycles. The summed E-state index contributed by atoms with van der Waals surface area (Å²) in [5.74, 6) is -0.509. The third-order valence-electron chi connectivity index (χ3n) is 4.05. The van der Waals surface area contributed by atoms with Crippen molar-refractivity contribution in [2.24, 2.45) is 0 Å². The number of methoxy groups -OCH3 is 1. The van der Waals surface area contributed by atoms with Crippen molar-refractivity contribution >= 4 is 21.6 Å². The van der Waals surface area contributed by atoms with Crippen LogP contribution in [-0.2, 0) is 21.4 Å². The van der Waals surface area contributed by atoms with Gasteiger partial charge in [-0.15, -0.1) is 0 Å². The Kier molecular flexibility index (Phi) is 6.79. The van der Waals surface area contributed by atoms with Crippen LogP contribution in [0.5, 0.6) is 5.75 Å². The van der Waals surface area contributed by atoms with E-state index in [4.69, 9.17) is 4.74 Å². The lowest BCUT2D eigenvalue weighted by molar-refractivity contribution is -0.122. The molecule has 0 aliphatic carbocycles. The molecular weight excluding hydrogens is 371 g/mol. The van der Waals surface area contributed by atoms with Gasteiger partial charge in [0.05, 0.1) is 19.1 Å². The highest BCUT2D eigenvalue weighted by molar-refractivity contribution is 7.92. The summed E-state index contributed by atoms with van der Waals surface area (Å²) in [7, 11) is -2.31. The fourth-order valence-electron chi connectivity index (χ4n) is 2.72. The number of nitrogens with one attached hydrogen (secondary N) is 1. The number of nitrogens with zero attached hydrogens (tertiary/aromatic N) is 1. The molecule has 0 aromatic heterocycles. The van der Waals surface area contributed by atoms with Gasteiger partial charge in [0.1, 0.15) is 17.6 Å². The molecule has 0 heterocycles. The van der Waals surface area contributed by atoms with E-state index in [1.165, 1.54) is 18.2 Å². The molecule has 27 heavy (non-hydrogen) atoms. The molecule has 1 unspecified atom stereocenters. The molecule has 0 spiro atoms. The number of sulfonamides is 1. The number of anilines is 1. The topological polar surface area (TPSA) is 75.7 Å². The number of carbonyl (C=O) groups is 1. The molecule has 2 rings (SSSR count). The van der Waals surface area contributed by atoms with Crippen LogP contribution in [0.25, 0.3) is 0 Å². The Morgan fingerprint density at radius 3 is 2.33 bits per heavy atom. The van der Waals surface area contributed by atoms with Gasteiger partial charge in [-0.2, -0.15) is 0 Å². The number of para-hydroxylation sites is 1. The van der Waals surface area contributed by atoms with Crippen molar-refractivity contribution in [3.8, 4) is 5.75 Å². The number of ether oxygens (including phenoxy) is 1. The van der Waals surface area contributed by atoms with E-state index < -0.39 is 27.8 Å². The molecule has 0 aliphatic heterocycles. The number of halogens is 1. The lowest BCUT2D eigenvalue weighted by atomic mass is 10.1. The van der Waals surface area contributed by atoms with Gasteiger partial charge in [-0.3, -0.25) is 9.10 Å². The normalized spacial score (nSPS) is 12.3. The molecule has 8 heteroatoms. The van der Waals surface area contributed by atoms with Crippen molar-refractivity contribution in [3.05, 3.63) is 59.9 Å². The lowest BCUT2D eigenvalue weighted by Crippen LogP contribution is -2.49. The number of hydrogen-bond donors (Lipinski definition) is 1. The zero-order valence-corrected chi connectivity index (χ0v) is 16.3. The Labute approximate surface area is 159 Å². The minimum Gasteiger partial charge on any atom is -0.497 e. The predicted octanol–water partition coefficient (Wildman–Crippen LogP) is 2.70. The van der Waals surface area contributed by atoms with Crippen molar-refractivity contribution in [1.29, 1.82) is 0 Å². The van der Waals surface area contributed by atoms with Crippen LogP contribution in [0.2, 0.25) is 0 Å². The molecular formula is C19H23FN2O4S. The van der Waals surface area contributed by atoms with Crippen LogP contribution in [0.3, 0.4) is 0 Å². The summed E-state index contributed by atoms with van der Waals surface area (Å²) in [6, 6.07) is 11.6. The SMILES string of the molecule is CCC(C(=O)NCc1ccc(OC)cc1)N(c1ccccc1F)S(C)(=O)=O. The van der Waals surface area contributed by atoms with Gasteiger partial charge in [-0.25, -0.2) is 12.8 Å². The van der Waals surface area contributed by atoms with Crippen LogP contribution in [0.15, 0.2) is 48.5 Å². The summed E-state index contributed by atoms with van der Waals surface area (Å²) < 4.78 is 44.7. The first-order valence-corrected chi connectivity index (χ1v) is 10.3. The standard InChI is InChI=1S/C19H23FN2O4S/c1-4-17(19(23)21-13-14-9-11-15(26-2)12-10-14)22(27(3,24)25)18-8-6-5-7-16(18)20/h5-12,17H,4,13H2,1-3H3,(H,21,23). The lowest BCUT2D eigenvalue weighted by Gasteiger charge is -2.30. The molecule has 1 atom stereocenters. The molecule has 0 saturated carbocycles. The number of rotatable bonds is 8. The van der Waals surface area contributed by atoms with Gasteiger partial charge in [-0.05, 0) is 36.2 Å². The molecule has 1 N–H and O–H groups in total. The van der Waals surface area contributed by atoms with Crippen molar-refractivity contribution in [2.45, 2.75) is 25.9 Å². The summed E-state index contributed by atoms with van der Waals surface area (Å²) in [5.41, 5.74) is 0.683. The first kappa shape index (κ1) is 20.7. The second kappa shape index (κ2) is 8.85. The molecule has 0 fully saturated rings. The second-order valence-electron chi connectivity index (χ2n) is 6.00. The van der Waals surface area contributed by atoms with Gasteiger partial charge in [0.15, 0.2) is 0 Å². The van der Waals surface area contributed by atoms with Crippen molar-refractivity contribution < 1.29 is 22.3 Å². The van der Waals surface area contributed by atoms with Gasteiger partial charge in [0.2, 0.25) is 15.9 Å². The van der Waals surface area contributed by atoms with Crippen LogP contribution in [0.4, 0.5) is 10.1 Å². The summed E-state index contributed by atoms with van der Waals surface area (Å²) >= 11 is 0. The van der Waals surface area contributed by atoms with Crippen LogP contribution >= 0.6 is 0 Å². The fraction of sp³-hybridized carbons (Fsp3) is 0.316. The average molecular weight is 394 g/mol. The molecule has 146 valence electrons. The number of amides is 1. The zero-order chi connectivity index (χ0) is 20.0. The highest BCUT2D eigenvalue weighted by Crippen LogP contribution is 2.25. The van der Waals surface area contributed by atoms with E-state index in [-0.39, 0.29) is 18.7 Å². The van der Waals surface area contributed by atoms with E-state index >= 15 is 0 Å². The first-order chi connectivity index (χ1) is 12.8. The smallest absolute Gasteiger partial charge is 0.244 e. The first-order valence-electron chi connectivity index (χ1n) is 8.42. The van der Waals surface area contributed by atoms with E-state index in [9.17, 15) is 17.6 Å². The Morgan fingerprint density at radius 2 is 1.81 bits per heavy atom. The third kappa shape index (κ3) is 5.19. The number of hydrogen-bond acceptors (Lipinski definition) is 4. The zero-order valence-electron chi connectivity index (χ0n) is 15.5. The van der Waals surface area contributed by atoms with E-state index in [2.05, 4.69) is 5.32 Å². The Hall–Kier alpha value is -2.61. The number of carbonyl (C=O) groups excluding carboxylic acids is 1. The minimum atomic E-state index is -3.87. The van der Waals surface area contributed by atoms with Crippen molar-refractivity contribution in [3.63, 3.8) is 0 Å². The Bertz CT molecular complexity index is 885. The third-order valence-corrected chi connectivity index (χ3v) is 5.21.